The number of hydrogen-bond donors (Lipinski definition) is 1. The maximum absolute atomic E-state index is 12.9. The molecule has 1 aliphatic heterocycles. The van der Waals surface area contributed by atoms with Crippen molar-refractivity contribution in [1.82, 2.24) is 4.98 Å². The molecule has 6 heteroatoms. The van der Waals surface area contributed by atoms with Gasteiger partial charge < -0.3 is 19.4 Å². The number of aromatic nitrogens is 1. The number of aryl methyl sites for hydroxylation is 1. The van der Waals surface area contributed by atoms with Crippen molar-refractivity contribution in [2.75, 3.05) is 23.9 Å². The molecule has 1 aliphatic rings. The smallest absolute Gasteiger partial charge is 0.299 e. The van der Waals surface area contributed by atoms with Crippen LogP contribution in [-0.2, 0) is 4.79 Å². The number of rotatable bonds is 4. The Bertz CT molecular complexity index is 917. The standard InChI is InChI=1S/C20H21N3O3/c1-13-9-10-17(25-2)15(12-13)21-19(24)16-7-5-11-23(16)20-22-14-6-3-4-8-18(14)26-20/h3-4,6,8-10,12,16H,5,7,11H2,1-2H3,(H,21,24). The number of carbonyl (C=O) groups excluding carboxylic acids is 1. The summed E-state index contributed by atoms with van der Waals surface area (Å²) >= 11 is 0. The van der Waals surface area contributed by atoms with E-state index in [1.165, 1.54) is 0 Å². The van der Waals surface area contributed by atoms with E-state index in [4.69, 9.17) is 9.15 Å². The van der Waals surface area contributed by atoms with E-state index in [0.717, 1.165) is 36.0 Å². The molecule has 3 aromatic rings. The molecule has 1 saturated heterocycles. The third-order valence-electron chi connectivity index (χ3n) is 4.70. The molecule has 0 radical (unpaired) electrons. The Labute approximate surface area is 151 Å². The first-order valence-corrected chi connectivity index (χ1v) is 8.73. The Morgan fingerprint density at radius 3 is 2.96 bits per heavy atom. The molecule has 1 amide bonds. The Morgan fingerprint density at radius 2 is 2.15 bits per heavy atom. The van der Waals surface area contributed by atoms with E-state index < -0.39 is 0 Å². The molecular weight excluding hydrogens is 330 g/mol. The highest BCUT2D eigenvalue weighted by molar-refractivity contribution is 5.98. The topological polar surface area (TPSA) is 67.6 Å². The SMILES string of the molecule is COc1ccc(C)cc1NC(=O)C1CCCN1c1nc2ccccc2o1. The predicted octanol–water partition coefficient (Wildman–Crippen LogP) is 3.75. The second kappa shape index (κ2) is 6.71. The number of ether oxygens (including phenoxy) is 1. The summed E-state index contributed by atoms with van der Waals surface area (Å²) in [6.45, 7) is 2.73. The first-order chi connectivity index (χ1) is 12.7. The average Bonchev–Trinajstić information content (AvgIpc) is 3.28. The highest BCUT2D eigenvalue weighted by Crippen LogP contribution is 2.30. The number of methoxy groups -OCH3 is 1. The van der Waals surface area contributed by atoms with Gasteiger partial charge in [-0.3, -0.25) is 4.79 Å². The Hall–Kier alpha value is -3.02. The van der Waals surface area contributed by atoms with Crippen molar-refractivity contribution in [3.05, 3.63) is 48.0 Å². The normalized spacial score (nSPS) is 16.8. The highest BCUT2D eigenvalue weighted by Gasteiger charge is 2.34. The summed E-state index contributed by atoms with van der Waals surface area (Å²) in [5, 5.41) is 3.00. The average molecular weight is 351 g/mol. The lowest BCUT2D eigenvalue weighted by molar-refractivity contribution is -0.117. The molecule has 0 bridgehead atoms. The van der Waals surface area contributed by atoms with Gasteiger partial charge in [0.15, 0.2) is 5.58 Å². The predicted molar refractivity (Wildman–Crippen MR) is 101 cm³/mol. The minimum absolute atomic E-state index is 0.0753. The van der Waals surface area contributed by atoms with Gasteiger partial charge in [0.1, 0.15) is 17.3 Å². The van der Waals surface area contributed by atoms with Gasteiger partial charge in [0.25, 0.3) is 6.01 Å². The fourth-order valence-corrected chi connectivity index (χ4v) is 3.39. The molecule has 134 valence electrons. The molecule has 0 aliphatic carbocycles. The van der Waals surface area contributed by atoms with Gasteiger partial charge in [0, 0.05) is 6.54 Å². The van der Waals surface area contributed by atoms with E-state index in [2.05, 4.69) is 10.3 Å². The van der Waals surface area contributed by atoms with Crippen LogP contribution in [0.3, 0.4) is 0 Å². The van der Waals surface area contributed by atoms with Crippen LogP contribution in [0.2, 0.25) is 0 Å². The summed E-state index contributed by atoms with van der Waals surface area (Å²) in [4.78, 5) is 19.4. The molecule has 4 rings (SSSR count). The summed E-state index contributed by atoms with van der Waals surface area (Å²) in [7, 11) is 1.60. The summed E-state index contributed by atoms with van der Waals surface area (Å²) < 4.78 is 11.2. The Balaban J connectivity index is 1.58. The van der Waals surface area contributed by atoms with Gasteiger partial charge in [0.05, 0.1) is 12.8 Å². The fraction of sp³-hybridized carbons (Fsp3) is 0.300. The number of hydrogen-bond acceptors (Lipinski definition) is 5. The van der Waals surface area contributed by atoms with E-state index >= 15 is 0 Å². The van der Waals surface area contributed by atoms with Crippen LogP contribution in [0.25, 0.3) is 11.1 Å². The van der Waals surface area contributed by atoms with Crippen LogP contribution in [0.4, 0.5) is 11.7 Å². The zero-order valence-corrected chi connectivity index (χ0v) is 14.9. The van der Waals surface area contributed by atoms with Gasteiger partial charge >= 0.3 is 0 Å². The van der Waals surface area contributed by atoms with E-state index in [9.17, 15) is 4.79 Å². The summed E-state index contributed by atoms with van der Waals surface area (Å²) in [5.41, 5.74) is 3.27. The van der Waals surface area contributed by atoms with Crippen LogP contribution in [0.5, 0.6) is 5.75 Å². The molecule has 26 heavy (non-hydrogen) atoms. The first kappa shape index (κ1) is 16.4. The number of carbonyl (C=O) groups is 1. The largest absolute Gasteiger partial charge is 0.495 e. The number of benzene rings is 2. The molecular formula is C20H21N3O3. The first-order valence-electron chi connectivity index (χ1n) is 8.73. The van der Waals surface area contributed by atoms with Crippen molar-refractivity contribution >= 4 is 28.7 Å². The zero-order valence-electron chi connectivity index (χ0n) is 14.9. The molecule has 1 unspecified atom stereocenters. The number of nitrogens with one attached hydrogen (secondary N) is 1. The molecule has 2 heterocycles. The van der Waals surface area contributed by atoms with E-state index in [-0.39, 0.29) is 11.9 Å². The zero-order chi connectivity index (χ0) is 18.1. The van der Waals surface area contributed by atoms with Crippen LogP contribution in [0.15, 0.2) is 46.9 Å². The number of nitrogens with zero attached hydrogens (tertiary/aromatic N) is 2. The lowest BCUT2D eigenvalue weighted by atomic mass is 10.1. The van der Waals surface area contributed by atoms with Gasteiger partial charge in [-0.1, -0.05) is 18.2 Å². The maximum atomic E-state index is 12.9. The van der Waals surface area contributed by atoms with Crippen LogP contribution >= 0.6 is 0 Å². The quantitative estimate of drug-likeness (QED) is 0.775. The van der Waals surface area contributed by atoms with Crippen LogP contribution in [-0.4, -0.2) is 30.6 Å². The Kier molecular flexibility index (Phi) is 4.24. The Morgan fingerprint density at radius 1 is 1.31 bits per heavy atom. The molecule has 1 atom stereocenters. The van der Waals surface area contributed by atoms with Crippen LogP contribution in [0.1, 0.15) is 18.4 Å². The molecule has 2 aromatic carbocycles. The maximum Gasteiger partial charge on any atom is 0.299 e. The minimum atomic E-state index is -0.312. The third kappa shape index (κ3) is 2.98. The van der Waals surface area contributed by atoms with E-state index in [1.807, 2.05) is 54.3 Å². The molecule has 1 N–H and O–H groups in total. The number of para-hydroxylation sites is 2. The second-order valence-corrected chi connectivity index (χ2v) is 6.51. The highest BCUT2D eigenvalue weighted by atomic mass is 16.5. The van der Waals surface area contributed by atoms with Crippen molar-refractivity contribution in [3.8, 4) is 5.75 Å². The third-order valence-corrected chi connectivity index (χ3v) is 4.70. The van der Waals surface area contributed by atoms with Crippen molar-refractivity contribution in [2.45, 2.75) is 25.8 Å². The van der Waals surface area contributed by atoms with Gasteiger partial charge in [0.2, 0.25) is 5.91 Å². The van der Waals surface area contributed by atoms with E-state index in [0.29, 0.717) is 17.5 Å². The molecule has 1 fully saturated rings. The minimum Gasteiger partial charge on any atom is -0.495 e. The summed E-state index contributed by atoms with van der Waals surface area (Å²) in [5.74, 6) is 0.573. The molecule has 6 nitrogen and oxygen atoms in total. The second-order valence-electron chi connectivity index (χ2n) is 6.51. The van der Waals surface area contributed by atoms with Gasteiger partial charge in [-0.15, -0.1) is 0 Å². The van der Waals surface area contributed by atoms with Crippen molar-refractivity contribution in [3.63, 3.8) is 0 Å². The van der Waals surface area contributed by atoms with Crippen LogP contribution < -0.4 is 15.0 Å². The van der Waals surface area contributed by atoms with Crippen LogP contribution in [0, 0.1) is 6.92 Å². The fourth-order valence-electron chi connectivity index (χ4n) is 3.39. The lowest BCUT2D eigenvalue weighted by Crippen LogP contribution is -2.40. The number of anilines is 2. The van der Waals surface area contributed by atoms with Gasteiger partial charge in [-0.2, -0.15) is 4.98 Å². The van der Waals surface area contributed by atoms with Crippen molar-refractivity contribution < 1.29 is 13.9 Å². The molecule has 1 aromatic heterocycles. The summed E-state index contributed by atoms with van der Waals surface area (Å²) in [6.07, 6.45) is 1.68. The molecule has 0 spiro atoms. The van der Waals surface area contributed by atoms with Crippen molar-refractivity contribution in [1.29, 1.82) is 0 Å². The number of amides is 1. The van der Waals surface area contributed by atoms with Crippen molar-refractivity contribution in [2.24, 2.45) is 0 Å². The lowest BCUT2D eigenvalue weighted by Gasteiger charge is -2.22. The number of oxazole rings is 1. The van der Waals surface area contributed by atoms with Gasteiger partial charge in [-0.25, -0.2) is 0 Å². The summed E-state index contributed by atoms with van der Waals surface area (Å²) in [6, 6.07) is 13.5. The van der Waals surface area contributed by atoms with Gasteiger partial charge in [-0.05, 0) is 49.6 Å². The molecule has 0 saturated carbocycles. The van der Waals surface area contributed by atoms with E-state index in [1.54, 1.807) is 7.11 Å². The number of fused-ring (bicyclic) bond motifs is 1. The monoisotopic (exact) mass is 351 g/mol.